The van der Waals surface area contributed by atoms with Crippen LogP contribution in [-0.2, 0) is 0 Å². The van der Waals surface area contributed by atoms with Crippen molar-refractivity contribution in [2.75, 3.05) is 37.0 Å². The van der Waals surface area contributed by atoms with Gasteiger partial charge in [0.05, 0.1) is 36.3 Å². The van der Waals surface area contributed by atoms with Crippen LogP contribution in [0.15, 0.2) is 24.7 Å². The van der Waals surface area contributed by atoms with Gasteiger partial charge in [0.1, 0.15) is 29.7 Å². The number of imidazole rings is 1. The van der Waals surface area contributed by atoms with Crippen LogP contribution < -0.4 is 25.6 Å². The number of methoxy groups -OCH3 is 1. The first-order chi connectivity index (χ1) is 24.8. The number of hydrogen-bond donors (Lipinski definition) is 3. The molecular formula is C38H51FN10O2. The van der Waals surface area contributed by atoms with E-state index in [0.29, 0.717) is 35.1 Å². The van der Waals surface area contributed by atoms with Gasteiger partial charge in [-0.2, -0.15) is 10.2 Å². The van der Waals surface area contributed by atoms with Crippen LogP contribution in [0.1, 0.15) is 113 Å². The van der Waals surface area contributed by atoms with Gasteiger partial charge in [-0.15, -0.1) is 0 Å². The Bertz CT molecular complexity index is 1760. The molecule has 272 valence electrons. The number of rotatable bonds is 10. The molecule has 2 saturated heterocycles. The third-order valence-corrected chi connectivity index (χ3v) is 11.3. The Hall–Kier alpha value is -4.28. The number of nitrogens with zero attached hydrogens (tertiary/aromatic N) is 7. The van der Waals surface area contributed by atoms with Crippen molar-refractivity contribution in [3.8, 4) is 17.5 Å². The zero-order valence-corrected chi connectivity index (χ0v) is 30.3. The molecule has 1 aromatic carbocycles. The lowest BCUT2D eigenvalue weighted by Gasteiger charge is -2.46. The Labute approximate surface area is 300 Å². The third-order valence-electron chi connectivity index (χ3n) is 11.3. The fraction of sp³-hybridized carbons (Fsp3) is 0.605. The summed E-state index contributed by atoms with van der Waals surface area (Å²) in [7, 11) is 1.50. The number of benzene rings is 1. The van der Waals surface area contributed by atoms with E-state index in [1.807, 2.05) is 4.57 Å². The molecular weight excluding hydrogens is 647 g/mol. The molecule has 3 aliphatic heterocycles. The number of carbonyl (C=O) groups is 1. The maximum atomic E-state index is 15.8. The first-order valence-electron chi connectivity index (χ1n) is 18.8. The van der Waals surface area contributed by atoms with Gasteiger partial charge in [0, 0.05) is 36.8 Å². The minimum atomic E-state index is -0.648. The normalized spacial score (nSPS) is 22.8. The molecule has 0 spiro atoms. The van der Waals surface area contributed by atoms with Crippen LogP contribution in [0.5, 0.6) is 5.75 Å². The molecule has 3 fully saturated rings. The average molecular weight is 699 g/mol. The topological polar surface area (TPSA) is 136 Å². The summed E-state index contributed by atoms with van der Waals surface area (Å²) >= 11 is 0. The van der Waals surface area contributed by atoms with Crippen molar-refractivity contribution in [2.24, 2.45) is 5.92 Å². The van der Waals surface area contributed by atoms with Crippen LogP contribution in [0.4, 0.5) is 21.8 Å². The highest BCUT2D eigenvalue weighted by Crippen LogP contribution is 2.45. The smallest absolute Gasteiger partial charge is 0.254 e. The molecule has 51 heavy (non-hydrogen) atoms. The number of hydrogen-bond acceptors (Lipinski definition) is 10. The van der Waals surface area contributed by atoms with Crippen molar-refractivity contribution in [1.82, 2.24) is 35.1 Å². The second kappa shape index (κ2) is 15.1. The zero-order valence-electron chi connectivity index (χ0n) is 30.3. The zero-order chi connectivity index (χ0) is 35.6. The van der Waals surface area contributed by atoms with E-state index in [1.165, 1.54) is 19.2 Å². The summed E-state index contributed by atoms with van der Waals surface area (Å²) in [6.07, 6.45) is 13.6. The second-order valence-corrected chi connectivity index (χ2v) is 15.0. The summed E-state index contributed by atoms with van der Waals surface area (Å²) in [5.74, 6) is 0.812. The number of fused-ring (bicyclic) bond motifs is 3. The van der Waals surface area contributed by atoms with E-state index in [0.717, 1.165) is 101 Å². The van der Waals surface area contributed by atoms with Gasteiger partial charge < -0.3 is 25.6 Å². The maximum absolute atomic E-state index is 15.8. The molecule has 1 aliphatic carbocycles. The largest absolute Gasteiger partial charge is 0.495 e. The Morgan fingerprint density at radius 2 is 1.92 bits per heavy atom. The Kier molecular flexibility index (Phi) is 10.4. The quantitative estimate of drug-likeness (QED) is 0.231. The molecule has 2 aromatic heterocycles. The number of ether oxygens (including phenoxy) is 1. The number of likely N-dealkylation sites (tertiary alicyclic amines) is 1. The molecule has 12 nitrogen and oxygen atoms in total. The van der Waals surface area contributed by atoms with E-state index in [-0.39, 0.29) is 29.6 Å². The molecule has 1 saturated carbocycles. The highest BCUT2D eigenvalue weighted by molar-refractivity contribution is 5.96. The summed E-state index contributed by atoms with van der Waals surface area (Å²) in [5.41, 5.74) is 2.31. The van der Waals surface area contributed by atoms with Crippen LogP contribution in [0, 0.1) is 23.1 Å². The maximum Gasteiger partial charge on any atom is 0.254 e. The predicted molar refractivity (Wildman–Crippen MR) is 194 cm³/mol. The van der Waals surface area contributed by atoms with Gasteiger partial charge in [0.25, 0.3) is 5.91 Å². The van der Waals surface area contributed by atoms with Gasteiger partial charge in [0.15, 0.2) is 11.5 Å². The predicted octanol–water partition coefficient (Wildman–Crippen LogP) is 6.00. The second-order valence-electron chi connectivity index (χ2n) is 15.0. The first-order valence-corrected chi connectivity index (χ1v) is 18.8. The van der Waals surface area contributed by atoms with Crippen molar-refractivity contribution >= 4 is 23.4 Å². The number of carbonyl (C=O) groups excluding carboxylic acids is 1. The Morgan fingerprint density at radius 1 is 1.14 bits per heavy atom. The molecule has 3 N–H and O–H groups in total. The number of amides is 1. The Balaban J connectivity index is 1.11. The number of nitriles is 1. The number of aromatic nitrogens is 4. The Morgan fingerprint density at radius 3 is 2.63 bits per heavy atom. The molecule has 1 amide bonds. The van der Waals surface area contributed by atoms with Crippen LogP contribution >= 0.6 is 0 Å². The van der Waals surface area contributed by atoms with Crippen LogP contribution in [0.25, 0.3) is 5.69 Å². The van der Waals surface area contributed by atoms with E-state index in [4.69, 9.17) is 9.72 Å². The number of halogens is 1. The van der Waals surface area contributed by atoms with Crippen LogP contribution in [0.3, 0.4) is 0 Å². The molecule has 4 aliphatic rings. The summed E-state index contributed by atoms with van der Waals surface area (Å²) in [6.45, 7) is 9.66. The van der Waals surface area contributed by atoms with E-state index in [2.05, 4.69) is 62.6 Å². The van der Waals surface area contributed by atoms with Crippen molar-refractivity contribution in [3.05, 3.63) is 47.4 Å². The molecule has 0 bridgehead atoms. The average Bonchev–Trinajstić information content (AvgIpc) is 3.82. The standard InChI is InChI=1S/C38H51FN10O2/c1-5-32-35-31(20-40)43-22-48(35)33-21-42-38(46-36(33)49(32)26-8-6-7-9-26)45-30-19-29(39)28(18-34(30)51-4)37(50)44-24-12-15-47(25-10-13-41-14-11-25)27(17-24)16-23(2)3/h18-19,21-27,32,41H,5-17H2,1-4H3,(H,44,50)(H,42,45,46)/t24?,27-,32-/m1/s1. The molecule has 7 rings (SSSR count). The first kappa shape index (κ1) is 35.1. The lowest BCUT2D eigenvalue weighted by molar-refractivity contribution is 0.0490. The minimum absolute atomic E-state index is 0.0266. The highest BCUT2D eigenvalue weighted by Gasteiger charge is 2.40. The number of nitrogens with one attached hydrogen (secondary N) is 3. The highest BCUT2D eigenvalue weighted by atomic mass is 19.1. The SMILES string of the molecule is CC[C@@H]1c2c(C#N)ncn2-c2cnc(Nc3cc(F)c(C(=O)NC4CCN(C5CCNCC5)[C@H](CC(C)C)C4)cc3OC)nc2N1C1CCCC1. The number of anilines is 3. The molecule has 3 atom stereocenters. The summed E-state index contributed by atoms with van der Waals surface area (Å²) in [6, 6.07) is 6.16. The lowest BCUT2D eigenvalue weighted by atomic mass is 9.88. The lowest BCUT2D eigenvalue weighted by Crippen LogP contribution is -2.55. The van der Waals surface area contributed by atoms with Crippen LogP contribution in [-0.4, -0.2) is 81.2 Å². The van der Waals surface area contributed by atoms with Gasteiger partial charge in [-0.1, -0.05) is 33.6 Å². The van der Waals surface area contributed by atoms with Gasteiger partial charge in [0.2, 0.25) is 5.95 Å². The van der Waals surface area contributed by atoms with Gasteiger partial charge in [-0.05, 0) is 76.4 Å². The minimum Gasteiger partial charge on any atom is -0.495 e. The van der Waals surface area contributed by atoms with Gasteiger partial charge >= 0.3 is 0 Å². The molecule has 1 unspecified atom stereocenters. The molecule has 5 heterocycles. The van der Waals surface area contributed by atoms with E-state index in [9.17, 15) is 10.1 Å². The van der Waals surface area contributed by atoms with Crippen molar-refractivity contribution in [3.63, 3.8) is 0 Å². The van der Waals surface area contributed by atoms with Crippen LogP contribution in [0.2, 0.25) is 0 Å². The van der Waals surface area contributed by atoms with Crippen molar-refractivity contribution < 1.29 is 13.9 Å². The number of piperidine rings is 2. The van der Waals surface area contributed by atoms with Gasteiger partial charge in [-0.3, -0.25) is 14.3 Å². The van der Waals surface area contributed by atoms with Crippen molar-refractivity contribution in [1.29, 1.82) is 5.26 Å². The summed E-state index contributed by atoms with van der Waals surface area (Å²) in [4.78, 5) is 32.6. The molecule has 13 heteroatoms. The summed E-state index contributed by atoms with van der Waals surface area (Å²) in [5, 5.41) is 19.7. The van der Waals surface area contributed by atoms with E-state index in [1.54, 1.807) is 12.5 Å². The molecule has 3 aromatic rings. The van der Waals surface area contributed by atoms with Gasteiger partial charge in [-0.25, -0.2) is 14.4 Å². The fourth-order valence-corrected chi connectivity index (χ4v) is 8.99. The summed E-state index contributed by atoms with van der Waals surface area (Å²) < 4.78 is 23.4. The fourth-order valence-electron chi connectivity index (χ4n) is 8.99. The third kappa shape index (κ3) is 7.00. The molecule has 0 radical (unpaired) electrons. The monoisotopic (exact) mass is 698 g/mol. The van der Waals surface area contributed by atoms with E-state index >= 15 is 4.39 Å². The van der Waals surface area contributed by atoms with E-state index < -0.39 is 11.7 Å². The van der Waals surface area contributed by atoms with Crippen molar-refractivity contribution in [2.45, 2.75) is 115 Å².